The number of ether oxygens (including phenoxy) is 1. The number of hydrogen-bond acceptors (Lipinski definition) is 5. The predicted octanol–water partition coefficient (Wildman–Crippen LogP) is 4.54. The molecule has 6 nitrogen and oxygen atoms in total. The lowest BCUT2D eigenvalue weighted by Gasteiger charge is -2.26. The van der Waals surface area contributed by atoms with Gasteiger partial charge in [-0.25, -0.2) is 4.79 Å². The number of carbonyl (C=O) groups is 2. The van der Waals surface area contributed by atoms with Crippen molar-refractivity contribution < 1.29 is 14.3 Å². The van der Waals surface area contributed by atoms with Gasteiger partial charge in [0.15, 0.2) is 6.10 Å². The number of esters is 1. The third-order valence-corrected chi connectivity index (χ3v) is 4.60. The molecule has 0 radical (unpaired) electrons. The number of amides is 1. The molecule has 6 heteroatoms. The maximum Gasteiger partial charge on any atom is 0.341 e. The van der Waals surface area contributed by atoms with Crippen LogP contribution in [-0.2, 0) is 9.53 Å². The third-order valence-electron chi connectivity index (χ3n) is 4.60. The molecule has 4 aromatic rings. The van der Waals surface area contributed by atoms with Gasteiger partial charge in [-0.2, -0.15) is 0 Å². The first kappa shape index (κ1) is 19.3. The van der Waals surface area contributed by atoms with Crippen molar-refractivity contribution in [1.29, 1.82) is 0 Å². The minimum Gasteiger partial charge on any atom is -0.449 e. The number of aromatic nitrogens is 2. The summed E-state index contributed by atoms with van der Waals surface area (Å²) >= 11 is 0. The van der Waals surface area contributed by atoms with E-state index in [9.17, 15) is 9.59 Å². The van der Waals surface area contributed by atoms with E-state index in [2.05, 4.69) is 9.97 Å². The van der Waals surface area contributed by atoms with Gasteiger partial charge < -0.3 is 4.74 Å². The molecule has 0 aliphatic rings. The Labute approximate surface area is 173 Å². The summed E-state index contributed by atoms with van der Waals surface area (Å²) in [6, 6.07) is 23.6. The zero-order valence-corrected chi connectivity index (χ0v) is 16.3. The van der Waals surface area contributed by atoms with Crippen LogP contribution in [0.15, 0.2) is 91.3 Å². The van der Waals surface area contributed by atoms with Gasteiger partial charge in [0, 0.05) is 23.8 Å². The molecular formula is C24H19N3O3. The van der Waals surface area contributed by atoms with E-state index >= 15 is 0 Å². The highest BCUT2D eigenvalue weighted by molar-refractivity contribution is 6.06. The maximum atomic E-state index is 13.3. The number of benzene rings is 3. The second-order valence-electron chi connectivity index (χ2n) is 6.62. The van der Waals surface area contributed by atoms with Crippen LogP contribution < -0.4 is 4.90 Å². The van der Waals surface area contributed by atoms with Gasteiger partial charge in [0.2, 0.25) is 0 Å². The zero-order valence-electron chi connectivity index (χ0n) is 16.3. The second kappa shape index (κ2) is 8.53. The molecule has 1 aromatic heterocycles. The summed E-state index contributed by atoms with van der Waals surface area (Å²) in [5.74, 6) is -0.977. The molecule has 1 unspecified atom stereocenters. The van der Waals surface area contributed by atoms with Gasteiger partial charge in [-0.3, -0.25) is 19.7 Å². The molecule has 0 saturated carbocycles. The molecular weight excluding hydrogens is 378 g/mol. The lowest BCUT2D eigenvalue weighted by molar-refractivity contribution is -0.125. The number of rotatable bonds is 5. The molecule has 0 saturated heterocycles. The predicted molar refractivity (Wildman–Crippen MR) is 114 cm³/mol. The van der Waals surface area contributed by atoms with Gasteiger partial charge in [0.25, 0.3) is 5.91 Å². The fraction of sp³-hybridized carbons (Fsp3) is 0.0833. The molecule has 0 N–H and O–H groups in total. The minimum absolute atomic E-state index is 0.270. The number of nitrogens with zero attached hydrogens (tertiary/aromatic N) is 3. The topological polar surface area (TPSA) is 72.4 Å². The van der Waals surface area contributed by atoms with Gasteiger partial charge in [-0.15, -0.1) is 0 Å². The molecule has 4 rings (SSSR count). The van der Waals surface area contributed by atoms with Crippen LogP contribution in [0.25, 0.3) is 11.0 Å². The molecule has 0 fully saturated rings. The smallest absolute Gasteiger partial charge is 0.341 e. The summed E-state index contributed by atoms with van der Waals surface area (Å²) in [6.45, 7) is 1.57. The molecule has 148 valence electrons. The summed E-state index contributed by atoms with van der Waals surface area (Å²) in [6.07, 6.45) is 2.06. The Bertz CT molecular complexity index is 1140. The quantitative estimate of drug-likeness (QED) is 0.462. The molecule has 1 amide bonds. The molecule has 0 aliphatic heterocycles. The van der Waals surface area contributed by atoms with Crippen molar-refractivity contribution in [3.05, 3.63) is 96.8 Å². The van der Waals surface area contributed by atoms with E-state index in [1.807, 2.05) is 60.7 Å². The van der Waals surface area contributed by atoms with Crippen molar-refractivity contribution in [2.45, 2.75) is 13.0 Å². The first-order chi connectivity index (χ1) is 14.6. The Morgan fingerprint density at radius 3 is 2.03 bits per heavy atom. The zero-order chi connectivity index (χ0) is 20.9. The van der Waals surface area contributed by atoms with Crippen LogP contribution in [0.3, 0.4) is 0 Å². The number of carbonyl (C=O) groups excluding carboxylic acids is 2. The third kappa shape index (κ3) is 3.89. The number of para-hydroxylation sites is 3. The average molecular weight is 397 g/mol. The van der Waals surface area contributed by atoms with Crippen molar-refractivity contribution in [3.63, 3.8) is 0 Å². The first-order valence-electron chi connectivity index (χ1n) is 9.50. The number of anilines is 2. The van der Waals surface area contributed by atoms with Crippen molar-refractivity contribution in [3.8, 4) is 0 Å². The standard InChI is InChI=1S/C24H19N3O3/c1-17(30-24(29)20-13-8-14-21-22(20)26-16-15-25-21)23(28)27(18-9-4-2-5-10-18)19-11-6-3-7-12-19/h2-17H,1H3. The molecule has 0 spiro atoms. The van der Waals surface area contributed by atoms with Gasteiger partial charge in [0.05, 0.1) is 11.1 Å². The summed E-state index contributed by atoms with van der Waals surface area (Å²) < 4.78 is 5.53. The van der Waals surface area contributed by atoms with E-state index in [0.717, 1.165) is 0 Å². The lowest BCUT2D eigenvalue weighted by Crippen LogP contribution is -2.37. The van der Waals surface area contributed by atoms with Crippen LogP contribution >= 0.6 is 0 Å². The maximum absolute atomic E-state index is 13.3. The normalized spacial score (nSPS) is 11.6. The summed E-state index contributed by atoms with van der Waals surface area (Å²) in [7, 11) is 0. The monoisotopic (exact) mass is 397 g/mol. The average Bonchev–Trinajstić information content (AvgIpc) is 2.80. The number of hydrogen-bond donors (Lipinski definition) is 0. The Morgan fingerprint density at radius 2 is 1.40 bits per heavy atom. The van der Waals surface area contributed by atoms with Gasteiger partial charge in [-0.1, -0.05) is 42.5 Å². The van der Waals surface area contributed by atoms with Crippen molar-refractivity contribution >= 4 is 34.3 Å². The van der Waals surface area contributed by atoms with Crippen LogP contribution in [0.2, 0.25) is 0 Å². The minimum atomic E-state index is -1.01. The van der Waals surface area contributed by atoms with E-state index < -0.39 is 12.1 Å². The molecule has 1 heterocycles. The Balaban J connectivity index is 1.62. The largest absolute Gasteiger partial charge is 0.449 e. The molecule has 0 aliphatic carbocycles. The van der Waals surface area contributed by atoms with E-state index in [4.69, 9.17) is 4.74 Å². The van der Waals surface area contributed by atoms with E-state index in [1.165, 1.54) is 6.20 Å². The molecule has 0 bridgehead atoms. The van der Waals surface area contributed by atoms with Crippen LogP contribution in [-0.4, -0.2) is 27.9 Å². The SMILES string of the molecule is CC(OC(=O)c1cccc2nccnc12)C(=O)N(c1ccccc1)c1ccccc1. The summed E-state index contributed by atoms with van der Waals surface area (Å²) in [5, 5.41) is 0. The summed E-state index contributed by atoms with van der Waals surface area (Å²) in [4.78, 5) is 36.1. The van der Waals surface area contributed by atoms with Crippen LogP contribution in [0, 0.1) is 0 Å². The van der Waals surface area contributed by atoms with E-state index in [0.29, 0.717) is 22.4 Å². The van der Waals surface area contributed by atoms with Gasteiger partial charge in [0.1, 0.15) is 5.52 Å². The second-order valence-corrected chi connectivity index (χ2v) is 6.62. The highest BCUT2D eigenvalue weighted by Crippen LogP contribution is 2.26. The van der Waals surface area contributed by atoms with Crippen molar-refractivity contribution in [1.82, 2.24) is 9.97 Å². The van der Waals surface area contributed by atoms with E-state index in [1.54, 1.807) is 36.2 Å². The van der Waals surface area contributed by atoms with Crippen LogP contribution in [0.5, 0.6) is 0 Å². The van der Waals surface area contributed by atoms with Crippen molar-refractivity contribution in [2.75, 3.05) is 4.90 Å². The number of fused-ring (bicyclic) bond motifs is 1. The highest BCUT2D eigenvalue weighted by atomic mass is 16.5. The Hall–Kier alpha value is -4.06. The summed E-state index contributed by atoms with van der Waals surface area (Å²) in [5.41, 5.74) is 2.67. The molecule has 1 atom stereocenters. The molecule has 3 aromatic carbocycles. The van der Waals surface area contributed by atoms with E-state index in [-0.39, 0.29) is 11.5 Å². The first-order valence-corrected chi connectivity index (χ1v) is 9.50. The fourth-order valence-electron chi connectivity index (χ4n) is 3.17. The molecule has 30 heavy (non-hydrogen) atoms. The van der Waals surface area contributed by atoms with Gasteiger partial charge in [-0.05, 0) is 43.3 Å². The fourth-order valence-corrected chi connectivity index (χ4v) is 3.17. The van der Waals surface area contributed by atoms with Crippen molar-refractivity contribution in [2.24, 2.45) is 0 Å². The van der Waals surface area contributed by atoms with Gasteiger partial charge >= 0.3 is 5.97 Å². The van der Waals surface area contributed by atoms with Crippen LogP contribution in [0.4, 0.5) is 11.4 Å². The Kier molecular flexibility index (Phi) is 5.48. The Morgan fingerprint density at radius 1 is 0.800 bits per heavy atom. The van der Waals surface area contributed by atoms with Crippen LogP contribution in [0.1, 0.15) is 17.3 Å². The highest BCUT2D eigenvalue weighted by Gasteiger charge is 2.27. The lowest BCUT2D eigenvalue weighted by atomic mass is 10.1.